The Kier molecular flexibility index (Phi) is 1.43. The third-order valence-corrected chi connectivity index (χ3v) is 2.02. The Hall–Kier alpha value is -0.990. The van der Waals surface area contributed by atoms with Gasteiger partial charge in [-0.1, -0.05) is 13.8 Å². The highest BCUT2D eigenvalue weighted by molar-refractivity contribution is 6.67. The van der Waals surface area contributed by atoms with Crippen molar-refractivity contribution >= 4 is 17.3 Å². The van der Waals surface area contributed by atoms with Crippen LogP contribution in [0.5, 0.6) is 0 Å². The molecule has 0 aromatic carbocycles. The maximum absolute atomic E-state index is 10.8. The highest BCUT2D eigenvalue weighted by Crippen LogP contribution is 2.21. The molecule has 1 fully saturated rings. The van der Waals surface area contributed by atoms with Crippen LogP contribution >= 0.6 is 0 Å². The first-order chi connectivity index (χ1) is 4.55. The molecule has 0 radical (unpaired) electrons. The van der Waals surface area contributed by atoms with E-state index in [1.54, 1.807) is 13.8 Å². The molecule has 0 saturated heterocycles. The Morgan fingerprint density at radius 1 is 0.900 bits per heavy atom. The standard InChI is InChI=1S/C7H8O3/c1-3-4(2)6(9)7(10)5(3)8/h3-4H,1-2H3. The second kappa shape index (κ2) is 2.01. The van der Waals surface area contributed by atoms with Crippen molar-refractivity contribution in [2.45, 2.75) is 13.8 Å². The van der Waals surface area contributed by atoms with Crippen LogP contribution in [0.25, 0.3) is 0 Å². The van der Waals surface area contributed by atoms with Crippen LogP contribution in [0.2, 0.25) is 0 Å². The Morgan fingerprint density at radius 2 is 1.20 bits per heavy atom. The van der Waals surface area contributed by atoms with Gasteiger partial charge in [-0.3, -0.25) is 14.4 Å². The lowest BCUT2D eigenvalue weighted by atomic mass is 10.00. The molecule has 1 saturated carbocycles. The van der Waals surface area contributed by atoms with E-state index < -0.39 is 29.2 Å². The molecule has 0 heterocycles. The summed E-state index contributed by atoms with van der Waals surface area (Å²) in [6.07, 6.45) is 0. The monoisotopic (exact) mass is 140 g/mol. The summed E-state index contributed by atoms with van der Waals surface area (Å²) in [5, 5.41) is 0. The summed E-state index contributed by atoms with van der Waals surface area (Å²) in [4.78, 5) is 32.1. The van der Waals surface area contributed by atoms with Crippen molar-refractivity contribution in [1.82, 2.24) is 0 Å². The van der Waals surface area contributed by atoms with Crippen molar-refractivity contribution < 1.29 is 14.4 Å². The van der Waals surface area contributed by atoms with Gasteiger partial charge >= 0.3 is 0 Å². The number of hydrogen-bond donors (Lipinski definition) is 0. The fourth-order valence-electron chi connectivity index (χ4n) is 0.989. The molecule has 0 N–H and O–H groups in total. The molecule has 3 nitrogen and oxygen atoms in total. The summed E-state index contributed by atoms with van der Waals surface area (Å²) < 4.78 is 0. The van der Waals surface area contributed by atoms with E-state index in [1.807, 2.05) is 0 Å². The van der Waals surface area contributed by atoms with Crippen LogP contribution in [-0.4, -0.2) is 17.3 Å². The molecule has 0 aliphatic heterocycles. The third-order valence-electron chi connectivity index (χ3n) is 2.02. The highest BCUT2D eigenvalue weighted by Gasteiger charge is 2.43. The van der Waals surface area contributed by atoms with Crippen molar-refractivity contribution in [3.8, 4) is 0 Å². The van der Waals surface area contributed by atoms with Gasteiger partial charge in [-0.25, -0.2) is 0 Å². The van der Waals surface area contributed by atoms with Gasteiger partial charge in [-0.2, -0.15) is 0 Å². The molecule has 1 aliphatic carbocycles. The van der Waals surface area contributed by atoms with Gasteiger partial charge in [-0.15, -0.1) is 0 Å². The average Bonchev–Trinajstić information content (AvgIpc) is 2.07. The van der Waals surface area contributed by atoms with Gasteiger partial charge in [0.25, 0.3) is 5.78 Å². The first kappa shape index (κ1) is 7.12. The predicted molar refractivity (Wildman–Crippen MR) is 33.3 cm³/mol. The molecule has 2 atom stereocenters. The van der Waals surface area contributed by atoms with Gasteiger partial charge in [-0.05, 0) is 0 Å². The molecule has 0 spiro atoms. The van der Waals surface area contributed by atoms with E-state index in [0.717, 1.165) is 0 Å². The fraction of sp³-hybridized carbons (Fsp3) is 0.571. The van der Waals surface area contributed by atoms with Gasteiger partial charge in [0.05, 0.1) is 0 Å². The zero-order valence-electron chi connectivity index (χ0n) is 5.88. The van der Waals surface area contributed by atoms with Crippen molar-refractivity contribution in [2.75, 3.05) is 0 Å². The maximum Gasteiger partial charge on any atom is 0.264 e. The summed E-state index contributed by atoms with van der Waals surface area (Å²) in [7, 11) is 0. The summed E-state index contributed by atoms with van der Waals surface area (Å²) in [6.45, 7) is 3.21. The number of hydrogen-bond acceptors (Lipinski definition) is 3. The van der Waals surface area contributed by atoms with E-state index in [1.165, 1.54) is 0 Å². The highest BCUT2D eigenvalue weighted by atomic mass is 16.2. The van der Waals surface area contributed by atoms with Gasteiger partial charge in [0.15, 0.2) is 0 Å². The normalized spacial score (nSPS) is 33.6. The fourth-order valence-corrected chi connectivity index (χ4v) is 0.989. The minimum absolute atomic E-state index is 0.403. The van der Waals surface area contributed by atoms with Gasteiger partial charge in [0, 0.05) is 11.8 Å². The first-order valence-corrected chi connectivity index (χ1v) is 3.18. The quantitative estimate of drug-likeness (QED) is 0.444. The van der Waals surface area contributed by atoms with E-state index in [4.69, 9.17) is 0 Å². The number of ketones is 3. The van der Waals surface area contributed by atoms with E-state index in [0.29, 0.717) is 0 Å². The number of Topliss-reactive ketones (excluding diaryl/α,β-unsaturated/α-hetero) is 3. The van der Waals surface area contributed by atoms with Crippen molar-refractivity contribution in [1.29, 1.82) is 0 Å². The molecule has 0 aromatic heterocycles. The lowest BCUT2D eigenvalue weighted by Crippen LogP contribution is -2.14. The Bertz CT molecular complexity index is 195. The second-order valence-electron chi connectivity index (χ2n) is 2.63. The number of carbonyl (C=O) groups excluding carboxylic acids is 3. The summed E-state index contributed by atoms with van der Waals surface area (Å²) in [5.41, 5.74) is 0. The van der Waals surface area contributed by atoms with E-state index in [-0.39, 0.29) is 0 Å². The lowest BCUT2D eigenvalue weighted by Gasteiger charge is -2.00. The van der Waals surface area contributed by atoms with Gasteiger partial charge in [0.2, 0.25) is 11.6 Å². The SMILES string of the molecule is CC1C(=O)C(=O)C(=O)C1C. The molecule has 0 amide bonds. The minimum atomic E-state index is -0.819. The molecular formula is C7H8O3. The Balaban J connectivity index is 3.00. The van der Waals surface area contributed by atoms with Crippen molar-refractivity contribution in [2.24, 2.45) is 11.8 Å². The van der Waals surface area contributed by atoms with Crippen molar-refractivity contribution in [3.63, 3.8) is 0 Å². The predicted octanol–water partition coefficient (Wildman–Crippen LogP) is -0.0205. The van der Waals surface area contributed by atoms with Crippen LogP contribution < -0.4 is 0 Å². The third kappa shape index (κ3) is 0.701. The van der Waals surface area contributed by atoms with Crippen LogP contribution in [0.3, 0.4) is 0 Å². The summed E-state index contributed by atoms with van der Waals surface area (Å²) in [5.74, 6) is -2.69. The summed E-state index contributed by atoms with van der Waals surface area (Å²) >= 11 is 0. The number of rotatable bonds is 0. The average molecular weight is 140 g/mol. The van der Waals surface area contributed by atoms with Crippen LogP contribution in [0.4, 0.5) is 0 Å². The van der Waals surface area contributed by atoms with Crippen LogP contribution in [-0.2, 0) is 14.4 Å². The van der Waals surface area contributed by atoms with E-state index in [2.05, 4.69) is 0 Å². The first-order valence-electron chi connectivity index (χ1n) is 3.18. The molecule has 0 bridgehead atoms. The van der Waals surface area contributed by atoms with Gasteiger partial charge in [0.1, 0.15) is 0 Å². The van der Waals surface area contributed by atoms with Crippen LogP contribution in [0.15, 0.2) is 0 Å². The van der Waals surface area contributed by atoms with Gasteiger partial charge < -0.3 is 0 Å². The van der Waals surface area contributed by atoms with Crippen molar-refractivity contribution in [3.05, 3.63) is 0 Å². The van der Waals surface area contributed by atoms with Crippen LogP contribution in [0, 0.1) is 11.8 Å². The molecule has 10 heavy (non-hydrogen) atoms. The van der Waals surface area contributed by atoms with E-state index >= 15 is 0 Å². The molecule has 2 unspecified atom stereocenters. The lowest BCUT2D eigenvalue weighted by molar-refractivity contribution is -0.141. The largest absolute Gasteiger partial charge is 0.290 e. The molecule has 3 heteroatoms. The molecular weight excluding hydrogens is 132 g/mol. The second-order valence-corrected chi connectivity index (χ2v) is 2.63. The van der Waals surface area contributed by atoms with Crippen LogP contribution in [0.1, 0.15) is 13.8 Å². The molecule has 0 aromatic rings. The minimum Gasteiger partial charge on any atom is -0.290 e. The molecule has 1 rings (SSSR count). The Labute approximate surface area is 58.4 Å². The zero-order valence-corrected chi connectivity index (χ0v) is 5.88. The Morgan fingerprint density at radius 3 is 1.30 bits per heavy atom. The maximum atomic E-state index is 10.8. The zero-order chi connectivity index (χ0) is 7.89. The molecule has 54 valence electrons. The number of carbonyl (C=O) groups is 3. The van der Waals surface area contributed by atoms with E-state index in [9.17, 15) is 14.4 Å². The summed E-state index contributed by atoms with van der Waals surface area (Å²) in [6, 6.07) is 0. The molecule has 1 aliphatic rings. The topological polar surface area (TPSA) is 51.2 Å². The smallest absolute Gasteiger partial charge is 0.264 e.